The SMILES string of the molecule is CCN1C(=O)C(CC(=O)Nc2ccc(C)cc2)S/C1=N\S(=O)(=O)c1cccs1. The van der Waals surface area contributed by atoms with E-state index in [4.69, 9.17) is 0 Å². The highest BCUT2D eigenvalue weighted by atomic mass is 32.2. The number of amidine groups is 1. The van der Waals surface area contributed by atoms with E-state index in [9.17, 15) is 18.0 Å². The fraction of sp³-hybridized carbons (Fsp3) is 0.278. The average molecular weight is 438 g/mol. The molecule has 2 aromatic rings. The molecular formula is C18H19N3O4S3. The highest BCUT2D eigenvalue weighted by Crippen LogP contribution is 2.31. The fourth-order valence-corrected chi connectivity index (χ4v) is 5.96. The van der Waals surface area contributed by atoms with Crippen molar-refractivity contribution in [2.24, 2.45) is 4.40 Å². The molecule has 2 heterocycles. The molecule has 0 spiro atoms. The number of benzene rings is 1. The van der Waals surface area contributed by atoms with Crippen molar-refractivity contribution in [2.75, 3.05) is 11.9 Å². The van der Waals surface area contributed by atoms with Gasteiger partial charge in [0.2, 0.25) is 11.8 Å². The van der Waals surface area contributed by atoms with Crippen molar-refractivity contribution in [3.8, 4) is 0 Å². The van der Waals surface area contributed by atoms with Gasteiger partial charge < -0.3 is 5.32 Å². The van der Waals surface area contributed by atoms with Crippen LogP contribution in [0.15, 0.2) is 50.4 Å². The number of nitrogens with one attached hydrogen (secondary N) is 1. The topological polar surface area (TPSA) is 95.9 Å². The van der Waals surface area contributed by atoms with Crippen molar-refractivity contribution in [3.05, 3.63) is 47.3 Å². The third-order valence-corrected chi connectivity index (χ3v) is 7.92. The normalized spacial score (nSPS) is 18.6. The molecule has 1 unspecified atom stereocenters. The third-order valence-electron chi connectivity index (χ3n) is 3.99. The standard InChI is InChI=1S/C18H19N3O4S3/c1-3-21-17(23)14(11-15(22)19-13-8-6-12(2)7-9-13)27-18(21)20-28(24,25)16-5-4-10-26-16/h4-10,14H,3,11H2,1-2H3,(H,19,22)/b20-18-. The number of carbonyl (C=O) groups is 2. The number of thiophene rings is 1. The maximum absolute atomic E-state index is 12.6. The Morgan fingerprint density at radius 1 is 1.25 bits per heavy atom. The molecule has 0 radical (unpaired) electrons. The number of carbonyl (C=O) groups excluding carboxylic acids is 2. The number of anilines is 1. The number of hydrogen-bond acceptors (Lipinski definition) is 6. The Morgan fingerprint density at radius 3 is 2.57 bits per heavy atom. The van der Waals surface area contributed by atoms with Crippen molar-refractivity contribution in [1.82, 2.24) is 4.90 Å². The Kier molecular flexibility index (Phi) is 6.21. The smallest absolute Gasteiger partial charge is 0.294 e. The first-order valence-electron chi connectivity index (χ1n) is 8.53. The van der Waals surface area contributed by atoms with E-state index >= 15 is 0 Å². The molecule has 0 aliphatic carbocycles. The fourth-order valence-electron chi connectivity index (χ4n) is 2.58. The number of amides is 2. The Bertz CT molecular complexity index is 999. The maximum Gasteiger partial charge on any atom is 0.294 e. The van der Waals surface area contributed by atoms with Crippen LogP contribution in [0.1, 0.15) is 18.9 Å². The molecule has 0 bridgehead atoms. The molecule has 1 fully saturated rings. The van der Waals surface area contributed by atoms with E-state index in [0.29, 0.717) is 5.69 Å². The molecule has 10 heteroatoms. The summed E-state index contributed by atoms with van der Waals surface area (Å²) < 4.78 is 28.8. The monoisotopic (exact) mass is 437 g/mol. The maximum atomic E-state index is 12.6. The van der Waals surface area contributed by atoms with Crippen LogP contribution in [-0.2, 0) is 19.6 Å². The van der Waals surface area contributed by atoms with Crippen LogP contribution >= 0.6 is 23.1 Å². The summed E-state index contributed by atoms with van der Waals surface area (Å²) in [6, 6.07) is 10.4. The van der Waals surface area contributed by atoms with Crippen LogP contribution in [0.4, 0.5) is 5.69 Å². The summed E-state index contributed by atoms with van der Waals surface area (Å²) >= 11 is 2.07. The minimum absolute atomic E-state index is 0.0635. The van der Waals surface area contributed by atoms with Crippen molar-refractivity contribution in [2.45, 2.75) is 29.7 Å². The van der Waals surface area contributed by atoms with Crippen molar-refractivity contribution < 1.29 is 18.0 Å². The highest BCUT2D eigenvalue weighted by Gasteiger charge is 2.39. The number of thioether (sulfide) groups is 1. The van der Waals surface area contributed by atoms with E-state index in [-0.39, 0.29) is 34.2 Å². The van der Waals surface area contributed by atoms with Gasteiger partial charge in [-0.1, -0.05) is 35.5 Å². The minimum atomic E-state index is -3.88. The molecule has 1 aliphatic heterocycles. The number of sulfonamides is 1. The van der Waals surface area contributed by atoms with E-state index in [2.05, 4.69) is 9.71 Å². The Morgan fingerprint density at radius 2 is 1.96 bits per heavy atom. The van der Waals surface area contributed by atoms with E-state index < -0.39 is 15.3 Å². The lowest BCUT2D eigenvalue weighted by Gasteiger charge is -2.13. The van der Waals surface area contributed by atoms with Crippen LogP contribution in [0.5, 0.6) is 0 Å². The molecule has 1 aromatic carbocycles. The van der Waals surface area contributed by atoms with Gasteiger partial charge in [-0.2, -0.15) is 8.42 Å². The predicted octanol–water partition coefficient (Wildman–Crippen LogP) is 3.09. The zero-order valence-corrected chi connectivity index (χ0v) is 17.7. The Balaban J connectivity index is 1.73. The lowest BCUT2D eigenvalue weighted by Crippen LogP contribution is -2.33. The second-order valence-electron chi connectivity index (χ2n) is 6.09. The molecule has 1 saturated heterocycles. The number of nitrogens with zero attached hydrogens (tertiary/aromatic N) is 2. The van der Waals surface area contributed by atoms with Crippen molar-refractivity contribution in [1.29, 1.82) is 0 Å². The first-order chi connectivity index (χ1) is 13.3. The van der Waals surface area contributed by atoms with Gasteiger partial charge in [-0.3, -0.25) is 14.5 Å². The summed E-state index contributed by atoms with van der Waals surface area (Å²) in [5.41, 5.74) is 1.72. The van der Waals surface area contributed by atoms with Crippen LogP contribution in [0.3, 0.4) is 0 Å². The van der Waals surface area contributed by atoms with Gasteiger partial charge in [0.05, 0.1) is 0 Å². The summed E-state index contributed by atoms with van der Waals surface area (Å²) in [6.07, 6.45) is -0.0635. The molecule has 1 N–H and O–H groups in total. The zero-order valence-electron chi connectivity index (χ0n) is 15.3. The summed E-state index contributed by atoms with van der Waals surface area (Å²) in [5, 5.41) is 3.80. The first-order valence-corrected chi connectivity index (χ1v) is 11.7. The summed E-state index contributed by atoms with van der Waals surface area (Å²) in [5.74, 6) is -0.625. The average Bonchev–Trinajstić information content (AvgIpc) is 3.27. The quantitative estimate of drug-likeness (QED) is 0.749. The molecule has 0 saturated carbocycles. The second-order valence-corrected chi connectivity index (χ2v) is 10.0. The molecule has 1 aliphatic rings. The number of rotatable bonds is 6. The van der Waals surface area contributed by atoms with Crippen LogP contribution in [0, 0.1) is 6.92 Å². The third kappa shape index (κ3) is 4.62. The van der Waals surface area contributed by atoms with Gasteiger partial charge in [0.1, 0.15) is 9.46 Å². The van der Waals surface area contributed by atoms with Crippen LogP contribution in [0.2, 0.25) is 0 Å². The molecule has 7 nitrogen and oxygen atoms in total. The zero-order chi connectivity index (χ0) is 20.3. The molecule has 1 atom stereocenters. The van der Waals surface area contributed by atoms with Crippen molar-refractivity contribution in [3.63, 3.8) is 0 Å². The summed E-state index contributed by atoms with van der Waals surface area (Å²) in [7, 11) is -3.88. The molecule has 2 amide bonds. The van der Waals surface area contributed by atoms with Gasteiger partial charge in [-0.05, 0) is 37.4 Å². The molecule has 1 aromatic heterocycles. The molecule has 28 heavy (non-hydrogen) atoms. The number of aryl methyl sites for hydroxylation is 1. The minimum Gasteiger partial charge on any atom is -0.326 e. The molecular weight excluding hydrogens is 418 g/mol. The lowest BCUT2D eigenvalue weighted by atomic mass is 10.2. The second kappa shape index (κ2) is 8.46. The van der Waals surface area contributed by atoms with Gasteiger partial charge in [0, 0.05) is 18.7 Å². The van der Waals surface area contributed by atoms with Gasteiger partial charge in [0.15, 0.2) is 5.17 Å². The van der Waals surface area contributed by atoms with Crippen LogP contribution in [-0.4, -0.2) is 42.1 Å². The van der Waals surface area contributed by atoms with Gasteiger partial charge in [-0.15, -0.1) is 15.7 Å². The van der Waals surface area contributed by atoms with Gasteiger partial charge >= 0.3 is 0 Å². The largest absolute Gasteiger partial charge is 0.326 e. The Hall–Kier alpha value is -2.17. The van der Waals surface area contributed by atoms with E-state index in [0.717, 1.165) is 28.7 Å². The lowest BCUT2D eigenvalue weighted by molar-refractivity contribution is -0.128. The predicted molar refractivity (Wildman–Crippen MR) is 112 cm³/mol. The van der Waals surface area contributed by atoms with Crippen LogP contribution < -0.4 is 5.32 Å². The van der Waals surface area contributed by atoms with Gasteiger partial charge in [-0.25, -0.2) is 0 Å². The van der Waals surface area contributed by atoms with Crippen LogP contribution in [0.25, 0.3) is 0 Å². The Labute approximate surface area is 171 Å². The number of hydrogen-bond donors (Lipinski definition) is 1. The van der Waals surface area contributed by atoms with E-state index in [1.807, 2.05) is 19.1 Å². The first kappa shape index (κ1) is 20.6. The summed E-state index contributed by atoms with van der Waals surface area (Å²) in [4.78, 5) is 26.2. The molecule has 3 rings (SSSR count). The van der Waals surface area contributed by atoms with E-state index in [1.165, 1.54) is 11.0 Å². The summed E-state index contributed by atoms with van der Waals surface area (Å²) in [6.45, 7) is 3.96. The van der Waals surface area contributed by atoms with E-state index in [1.54, 1.807) is 30.5 Å². The van der Waals surface area contributed by atoms with Gasteiger partial charge in [0.25, 0.3) is 10.0 Å². The highest BCUT2D eigenvalue weighted by molar-refractivity contribution is 8.16. The van der Waals surface area contributed by atoms with Crippen molar-refractivity contribution >= 4 is 55.8 Å². The molecule has 148 valence electrons.